The van der Waals surface area contributed by atoms with E-state index < -0.39 is 6.10 Å². The highest BCUT2D eigenvalue weighted by molar-refractivity contribution is 5.39. The summed E-state index contributed by atoms with van der Waals surface area (Å²) in [5.74, 6) is 2.17. The number of rotatable bonds is 8. The Morgan fingerprint density at radius 2 is 1.81 bits per heavy atom. The third-order valence-corrected chi connectivity index (χ3v) is 4.37. The molecule has 2 heterocycles. The Labute approximate surface area is 153 Å². The number of benzene rings is 1. The maximum Gasteiger partial charge on any atom is 0.264 e. The van der Waals surface area contributed by atoms with Gasteiger partial charge in [-0.15, -0.1) is 0 Å². The number of hydrogen-bond acceptors (Lipinski definition) is 7. The second kappa shape index (κ2) is 9.54. The normalized spacial score (nSPS) is 16.8. The highest BCUT2D eigenvalue weighted by Crippen LogP contribution is 2.27. The highest BCUT2D eigenvalue weighted by atomic mass is 16.5. The van der Waals surface area contributed by atoms with Gasteiger partial charge in [-0.1, -0.05) is 30.1 Å². The predicted molar refractivity (Wildman–Crippen MR) is 96.2 cm³/mol. The SMILES string of the molecule is Cc1noc(COc2ccccc2OC[C@H](O)CN2CCCCCC2)n1. The van der Waals surface area contributed by atoms with Crippen LogP contribution in [0, 0.1) is 6.92 Å². The number of para-hydroxylation sites is 2. The third kappa shape index (κ3) is 5.71. The molecule has 142 valence electrons. The van der Waals surface area contributed by atoms with Gasteiger partial charge in [-0.05, 0) is 45.0 Å². The monoisotopic (exact) mass is 361 g/mol. The average Bonchev–Trinajstić information content (AvgIpc) is 2.89. The Morgan fingerprint density at radius 1 is 1.12 bits per heavy atom. The van der Waals surface area contributed by atoms with Crippen molar-refractivity contribution in [2.75, 3.05) is 26.2 Å². The van der Waals surface area contributed by atoms with Crippen LogP contribution in [0.1, 0.15) is 37.4 Å². The second-order valence-corrected chi connectivity index (χ2v) is 6.65. The molecule has 1 fully saturated rings. The molecule has 0 amide bonds. The minimum absolute atomic E-state index is 0.178. The van der Waals surface area contributed by atoms with Gasteiger partial charge in [0.1, 0.15) is 12.7 Å². The Hall–Kier alpha value is -2.12. The largest absolute Gasteiger partial charge is 0.487 e. The summed E-state index contributed by atoms with van der Waals surface area (Å²) in [6, 6.07) is 7.39. The van der Waals surface area contributed by atoms with Gasteiger partial charge >= 0.3 is 0 Å². The molecule has 7 heteroatoms. The summed E-state index contributed by atoms with van der Waals surface area (Å²) in [6.07, 6.45) is 4.46. The summed E-state index contributed by atoms with van der Waals surface area (Å²) in [5, 5.41) is 14.1. The maximum atomic E-state index is 10.3. The van der Waals surface area contributed by atoms with Crippen LogP contribution in [-0.2, 0) is 6.61 Å². The van der Waals surface area contributed by atoms with Crippen LogP contribution in [0.5, 0.6) is 11.5 Å². The first-order chi connectivity index (χ1) is 12.7. The molecule has 1 aromatic carbocycles. The van der Waals surface area contributed by atoms with Crippen LogP contribution in [0.25, 0.3) is 0 Å². The minimum Gasteiger partial charge on any atom is -0.487 e. The molecule has 0 unspecified atom stereocenters. The van der Waals surface area contributed by atoms with Crippen LogP contribution in [0.2, 0.25) is 0 Å². The van der Waals surface area contributed by atoms with E-state index in [0.717, 1.165) is 13.1 Å². The van der Waals surface area contributed by atoms with E-state index in [9.17, 15) is 5.11 Å². The summed E-state index contributed by atoms with van der Waals surface area (Å²) in [6.45, 7) is 4.93. The van der Waals surface area contributed by atoms with E-state index in [2.05, 4.69) is 15.0 Å². The Kier molecular flexibility index (Phi) is 6.85. The molecule has 1 aliphatic rings. The number of aliphatic hydroxyl groups excluding tert-OH is 1. The first-order valence-corrected chi connectivity index (χ1v) is 9.25. The van der Waals surface area contributed by atoms with Gasteiger partial charge in [0.05, 0.1) is 0 Å². The molecule has 1 aromatic heterocycles. The molecule has 1 saturated heterocycles. The first kappa shape index (κ1) is 18.7. The molecule has 7 nitrogen and oxygen atoms in total. The molecule has 1 N–H and O–H groups in total. The summed E-state index contributed by atoms with van der Waals surface area (Å²) in [7, 11) is 0. The highest BCUT2D eigenvalue weighted by Gasteiger charge is 2.15. The zero-order valence-electron chi connectivity index (χ0n) is 15.3. The van der Waals surface area contributed by atoms with Gasteiger partial charge < -0.3 is 24.0 Å². The number of aliphatic hydroxyl groups is 1. The van der Waals surface area contributed by atoms with Gasteiger partial charge in [0.15, 0.2) is 23.9 Å². The molecular weight excluding hydrogens is 334 g/mol. The standard InChI is InChI=1S/C19H27N3O4/c1-15-20-19(26-21-15)14-25-18-9-5-4-8-17(18)24-13-16(23)12-22-10-6-2-3-7-11-22/h4-5,8-9,16,23H,2-3,6-7,10-14H2,1H3/t16-/m1/s1. The van der Waals surface area contributed by atoms with Crippen LogP contribution in [0.4, 0.5) is 0 Å². The smallest absolute Gasteiger partial charge is 0.264 e. The Morgan fingerprint density at radius 3 is 2.46 bits per heavy atom. The van der Waals surface area contributed by atoms with Crippen molar-refractivity contribution in [1.82, 2.24) is 15.0 Å². The van der Waals surface area contributed by atoms with Crippen molar-refractivity contribution in [3.05, 3.63) is 36.0 Å². The van der Waals surface area contributed by atoms with Crippen molar-refractivity contribution >= 4 is 0 Å². The number of likely N-dealkylation sites (tertiary alicyclic amines) is 1. The van der Waals surface area contributed by atoms with Crippen molar-refractivity contribution in [2.45, 2.75) is 45.3 Å². The van der Waals surface area contributed by atoms with Gasteiger partial charge in [-0.25, -0.2) is 0 Å². The van der Waals surface area contributed by atoms with Gasteiger partial charge in [0, 0.05) is 6.54 Å². The lowest BCUT2D eigenvalue weighted by Crippen LogP contribution is -2.36. The zero-order valence-corrected chi connectivity index (χ0v) is 15.3. The molecule has 0 saturated carbocycles. The van der Waals surface area contributed by atoms with E-state index in [0.29, 0.717) is 29.8 Å². The van der Waals surface area contributed by atoms with Crippen LogP contribution in [0.3, 0.4) is 0 Å². The molecule has 1 aliphatic heterocycles. The average molecular weight is 361 g/mol. The number of aryl methyl sites for hydroxylation is 1. The Balaban J connectivity index is 1.49. The second-order valence-electron chi connectivity index (χ2n) is 6.65. The molecule has 0 radical (unpaired) electrons. The molecular formula is C19H27N3O4. The van der Waals surface area contributed by atoms with E-state index in [1.807, 2.05) is 24.3 Å². The number of hydrogen-bond donors (Lipinski definition) is 1. The van der Waals surface area contributed by atoms with Gasteiger partial charge in [-0.3, -0.25) is 0 Å². The van der Waals surface area contributed by atoms with Crippen LogP contribution in [-0.4, -0.2) is 52.5 Å². The number of β-amino-alcohol motifs (C(OH)–C–C–N with tert-alkyl or cyclic N) is 1. The van der Waals surface area contributed by atoms with E-state index in [1.54, 1.807) is 6.92 Å². The van der Waals surface area contributed by atoms with Crippen molar-refractivity contribution < 1.29 is 19.1 Å². The summed E-state index contributed by atoms with van der Waals surface area (Å²) in [5.41, 5.74) is 0. The quantitative estimate of drug-likeness (QED) is 0.774. The van der Waals surface area contributed by atoms with Crippen molar-refractivity contribution in [3.8, 4) is 11.5 Å². The Bertz CT molecular complexity index is 668. The van der Waals surface area contributed by atoms with E-state index >= 15 is 0 Å². The number of ether oxygens (including phenoxy) is 2. The topological polar surface area (TPSA) is 80.9 Å². The molecule has 0 bridgehead atoms. The van der Waals surface area contributed by atoms with Crippen LogP contribution < -0.4 is 9.47 Å². The van der Waals surface area contributed by atoms with Crippen molar-refractivity contribution in [2.24, 2.45) is 0 Å². The number of nitrogens with zero attached hydrogens (tertiary/aromatic N) is 3. The van der Waals surface area contributed by atoms with Crippen molar-refractivity contribution in [1.29, 1.82) is 0 Å². The van der Waals surface area contributed by atoms with Gasteiger partial charge in [0.25, 0.3) is 5.89 Å². The predicted octanol–water partition coefficient (Wildman–Crippen LogP) is 2.57. The van der Waals surface area contributed by atoms with Crippen molar-refractivity contribution in [3.63, 3.8) is 0 Å². The molecule has 0 aliphatic carbocycles. The summed E-state index contributed by atoms with van der Waals surface area (Å²) >= 11 is 0. The van der Waals surface area contributed by atoms with E-state index in [4.69, 9.17) is 14.0 Å². The van der Waals surface area contributed by atoms with Crippen LogP contribution in [0.15, 0.2) is 28.8 Å². The summed E-state index contributed by atoms with van der Waals surface area (Å²) in [4.78, 5) is 6.43. The third-order valence-electron chi connectivity index (χ3n) is 4.37. The molecule has 26 heavy (non-hydrogen) atoms. The summed E-state index contributed by atoms with van der Waals surface area (Å²) < 4.78 is 16.6. The lowest BCUT2D eigenvalue weighted by molar-refractivity contribution is 0.0677. The fourth-order valence-corrected chi connectivity index (χ4v) is 3.08. The lowest BCUT2D eigenvalue weighted by atomic mass is 10.2. The fourth-order valence-electron chi connectivity index (χ4n) is 3.08. The first-order valence-electron chi connectivity index (χ1n) is 9.25. The molecule has 0 spiro atoms. The zero-order chi connectivity index (χ0) is 18.2. The van der Waals surface area contributed by atoms with E-state index in [-0.39, 0.29) is 13.2 Å². The molecule has 3 rings (SSSR count). The lowest BCUT2D eigenvalue weighted by Gasteiger charge is -2.23. The number of aromatic nitrogens is 2. The fraction of sp³-hybridized carbons (Fsp3) is 0.579. The van der Waals surface area contributed by atoms with Gasteiger partial charge in [-0.2, -0.15) is 4.98 Å². The van der Waals surface area contributed by atoms with Crippen LogP contribution >= 0.6 is 0 Å². The maximum absolute atomic E-state index is 10.3. The van der Waals surface area contributed by atoms with E-state index in [1.165, 1.54) is 25.7 Å². The minimum atomic E-state index is -0.528. The molecule has 1 atom stereocenters. The van der Waals surface area contributed by atoms with Gasteiger partial charge in [0.2, 0.25) is 0 Å². The molecule has 2 aromatic rings.